The molecular formula is C32H39N9O3. The maximum atomic E-state index is 12.5. The predicted molar refractivity (Wildman–Crippen MR) is 171 cm³/mol. The molecule has 12 nitrogen and oxygen atoms in total. The number of rotatable bonds is 5. The van der Waals surface area contributed by atoms with Crippen LogP contribution in [0.3, 0.4) is 0 Å². The van der Waals surface area contributed by atoms with Crippen molar-refractivity contribution in [2.45, 2.75) is 53.6 Å². The molecule has 0 spiro atoms. The number of pyridine rings is 2. The number of nitrogens with zero attached hydrogens (tertiary/aromatic N) is 8. The van der Waals surface area contributed by atoms with Crippen LogP contribution in [0.15, 0.2) is 61.3 Å². The number of amides is 1. The van der Waals surface area contributed by atoms with Gasteiger partial charge >= 0.3 is 6.09 Å². The summed E-state index contributed by atoms with van der Waals surface area (Å²) in [4.78, 5) is 34.3. The number of nitrogens with one attached hydrogen (secondary N) is 1. The first-order valence-corrected chi connectivity index (χ1v) is 14.8. The Hall–Kier alpha value is -5.00. The summed E-state index contributed by atoms with van der Waals surface area (Å²) in [6, 6.07) is 13.4. The second kappa shape index (κ2) is 13.1. The van der Waals surface area contributed by atoms with Crippen LogP contribution in [0.2, 0.25) is 0 Å². The third-order valence-electron chi connectivity index (χ3n) is 6.64. The molecule has 5 aromatic rings. The van der Waals surface area contributed by atoms with Crippen molar-refractivity contribution >= 4 is 40.1 Å². The van der Waals surface area contributed by atoms with Gasteiger partial charge < -0.3 is 24.6 Å². The van der Waals surface area contributed by atoms with E-state index in [0.29, 0.717) is 48.9 Å². The van der Waals surface area contributed by atoms with E-state index in [9.17, 15) is 4.79 Å². The highest BCUT2D eigenvalue weighted by Crippen LogP contribution is 2.30. The summed E-state index contributed by atoms with van der Waals surface area (Å²) in [5.41, 5.74) is 3.40. The number of anilines is 3. The third kappa shape index (κ3) is 7.31. The van der Waals surface area contributed by atoms with Crippen molar-refractivity contribution in [2.24, 2.45) is 0 Å². The Morgan fingerprint density at radius 1 is 0.955 bits per heavy atom. The molecule has 1 fully saturated rings. The molecule has 0 atom stereocenters. The second-order valence-corrected chi connectivity index (χ2v) is 11.6. The van der Waals surface area contributed by atoms with E-state index in [-0.39, 0.29) is 6.09 Å². The zero-order valence-electron chi connectivity index (χ0n) is 26.1. The molecule has 4 aromatic heterocycles. The van der Waals surface area contributed by atoms with Gasteiger partial charge in [0.25, 0.3) is 0 Å². The van der Waals surface area contributed by atoms with Crippen LogP contribution in [0, 0.1) is 6.92 Å². The number of hydrogen-bond donors (Lipinski definition) is 1. The van der Waals surface area contributed by atoms with E-state index in [2.05, 4.69) is 44.1 Å². The largest absolute Gasteiger partial charge is 0.457 e. The van der Waals surface area contributed by atoms with E-state index < -0.39 is 5.60 Å². The molecule has 0 unspecified atom stereocenters. The van der Waals surface area contributed by atoms with Crippen molar-refractivity contribution in [2.75, 3.05) is 36.4 Å². The predicted octanol–water partition coefficient (Wildman–Crippen LogP) is 6.39. The van der Waals surface area contributed by atoms with Gasteiger partial charge in [-0.25, -0.2) is 29.2 Å². The monoisotopic (exact) mass is 597 g/mol. The van der Waals surface area contributed by atoms with Gasteiger partial charge in [0.2, 0.25) is 0 Å². The number of carbonyl (C=O) groups excluding carboxylic acids is 1. The molecule has 1 aliphatic heterocycles. The van der Waals surface area contributed by atoms with Crippen LogP contribution in [-0.4, -0.2) is 72.3 Å². The Morgan fingerprint density at radius 3 is 2.45 bits per heavy atom. The Kier molecular flexibility index (Phi) is 9.07. The number of aromatic nitrogens is 6. The first kappa shape index (κ1) is 30.5. The summed E-state index contributed by atoms with van der Waals surface area (Å²) in [6.45, 7) is 14.3. The molecule has 5 heterocycles. The Bertz CT molecular complexity index is 1740. The normalized spacial score (nSPS) is 13.4. The fourth-order valence-corrected chi connectivity index (χ4v) is 4.61. The third-order valence-corrected chi connectivity index (χ3v) is 6.64. The minimum atomic E-state index is -0.517. The molecule has 12 heteroatoms. The molecule has 1 amide bonds. The standard InChI is InChI=1S/C29H31N9O3.C3H8/c1-19-15-20(5-7-23(19)40-21-9-10-38-25(16-21)31-18-33-38)34-27-26-22(30-17-32-27)6-8-24(35-26)36-11-13-37(14-12-36)28(39)41-29(2,3)4;1-3-2/h5-10,15-18H,11-14H2,1-4H3,(H,30,32,34);3H2,1-2H3. The number of carbonyl (C=O) groups is 1. The van der Waals surface area contributed by atoms with Crippen molar-refractivity contribution in [1.29, 1.82) is 0 Å². The number of hydrogen-bond acceptors (Lipinski definition) is 10. The number of benzene rings is 1. The first-order valence-electron chi connectivity index (χ1n) is 14.8. The molecule has 1 aliphatic rings. The summed E-state index contributed by atoms with van der Waals surface area (Å²) in [7, 11) is 0. The van der Waals surface area contributed by atoms with E-state index in [1.165, 1.54) is 19.1 Å². The quantitative estimate of drug-likeness (QED) is 0.244. The summed E-state index contributed by atoms with van der Waals surface area (Å²) >= 11 is 0. The highest BCUT2D eigenvalue weighted by Gasteiger charge is 2.26. The van der Waals surface area contributed by atoms with E-state index >= 15 is 0 Å². The van der Waals surface area contributed by atoms with Crippen LogP contribution in [0.5, 0.6) is 11.5 Å². The highest BCUT2D eigenvalue weighted by atomic mass is 16.6. The molecule has 1 saturated heterocycles. The lowest BCUT2D eigenvalue weighted by molar-refractivity contribution is 0.0240. The summed E-state index contributed by atoms with van der Waals surface area (Å²) in [5.74, 6) is 2.83. The van der Waals surface area contributed by atoms with E-state index in [4.69, 9.17) is 14.5 Å². The van der Waals surface area contributed by atoms with Crippen LogP contribution in [0.25, 0.3) is 16.7 Å². The van der Waals surface area contributed by atoms with Crippen LogP contribution in [0.4, 0.5) is 22.1 Å². The maximum Gasteiger partial charge on any atom is 0.410 e. The van der Waals surface area contributed by atoms with Gasteiger partial charge in [-0.3, -0.25) is 0 Å². The number of fused-ring (bicyclic) bond motifs is 2. The lowest BCUT2D eigenvalue weighted by atomic mass is 10.2. The van der Waals surface area contributed by atoms with Gasteiger partial charge in [0.15, 0.2) is 11.5 Å². The lowest BCUT2D eigenvalue weighted by Gasteiger charge is -2.36. The van der Waals surface area contributed by atoms with Gasteiger partial charge in [0.1, 0.15) is 41.1 Å². The average Bonchev–Trinajstić information content (AvgIpc) is 3.46. The SMILES string of the molecule is CCC.Cc1cc(Nc2ncnc3ccc(N4CCN(C(=O)OC(C)(C)C)CC4)nc23)ccc1Oc1ccn2ncnc2c1. The van der Waals surface area contributed by atoms with Crippen molar-refractivity contribution in [3.8, 4) is 11.5 Å². The zero-order valence-corrected chi connectivity index (χ0v) is 26.1. The van der Waals surface area contributed by atoms with Crippen molar-refractivity contribution in [1.82, 2.24) is 34.4 Å². The Labute approximate surface area is 257 Å². The summed E-state index contributed by atoms with van der Waals surface area (Å²) < 4.78 is 13.3. The molecule has 1 N–H and O–H groups in total. The van der Waals surface area contributed by atoms with Crippen molar-refractivity contribution < 1.29 is 14.3 Å². The number of aryl methyl sites for hydroxylation is 1. The molecule has 0 aliphatic carbocycles. The minimum absolute atomic E-state index is 0.286. The minimum Gasteiger partial charge on any atom is -0.457 e. The van der Waals surface area contributed by atoms with E-state index in [1.54, 1.807) is 9.42 Å². The zero-order chi connectivity index (χ0) is 31.3. The van der Waals surface area contributed by atoms with Gasteiger partial charge in [0, 0.05) is 44.1 Å². The Balaban J connectivity index is 0.00000123. The average molecular weight is 598 g/mol. The van der Waals surface area contributed by atoms with Gasteiger partial charge in [-0.2, -0.15) is 5.10 Å². The van der Waals surface area contributed by atoms with E-state index in [0.717, 1.165) is 28.3 Å². The number of ether oxygens (including phenoxy) is 2. The van der Waals surface area contributed by atoms with Crippen LogP contribution < -0.4 is 15.0 Å². The van der Waals surface area contributed by atoms with Crippen LogP contribution in [-0.2, 0) is 4.74 Å². The maximum absolute atomic E-state index is 12.5. The molecule has 0 saturated carbocycles. The van der Waals surface area contributed by atoms with Gasteiger partial charge in [-0.15, -0.1) is 0 Å². The van der Waals surface area contributed by atoms with Gasteiger partial charge in [-0.05, 0) is 69.7 Å². The summed E-state index contributed by atoms with van der Waals surface area (Å²) in [5, 5.41) is 7.51. The first-order chi connectivity index (χ1) is 21.1. The smallest absolute Gasteiger partial charge is 0.410 e. The lowest BCUT2D eigenvalue weighted by Crippen LogP contribution is -2.50. The highest BCUT2D eigenvalue weighted by molar-refractivity contribution is 5.88. The van der Waals surface area contributed by atoms with Crippen molar-refractivity contribution in [3.05, 3.63) is 66.9 Å². The fraction of sp³-hybridized carbons (Fsp3) is 0.375. The van der Waals surface area contributed by atoms with Gasteiger partial charge in [-0.1, -0.05) is 20.3 Å². The number of piperazine rings is 1. The molecule has 6 rings (SSSR count). The molecular weight excluding hydrogens is 558 g/mol. The molecule has 0 bridgehead atoms. The summed E-state index contributed by atoms with van der Waals surface area (Å²) in [6.07, 6.45) is 5.81. The second-order valence-electron chi connectivity index (χ2n) is 11.6. The fourth-order valence-electron chi connectivity index (χ4n) is 4.61. The molecule has 1 aromatic carbocycles. The van der Waals surface area contributed by atoms with E-state index in [1.807, 2.05) is 76.4 Å². The molecule has 44 heavy (non-hydrogen) atoms. The van der Waals surface area contributed by atoms with Crippen LogP contribution >= 0.6 is 0 Å². The van der Waals surface area contributed by atoms with Crippen LogP contribution in [0.1, 0.15) is 46.6 Å². The molecule has 0 radical (unpaired) electrons. The molecule has 230 valence electrons. The topological polar surface area (TPSA) is 123 Å². The van der Waals surface area contributed by atoms with Crippen molar-refractivity contribution in [3.63, 3.8) is 0 Å². The van der Waals surface area contributed by atoms with Gasteiger partial charge in [0.05, 0.1) is 5.52 Å². The Morgan fingerprint density at radius 2 is 1.73 bits per heavy atom.